The first kappa shape index (κ1) is 16.8. The van der Waals surface area contributed by atoms with Gasteiger partial charge in [0.1, 0.15) is 23.2 Å². The zero-order valence-electron chi connectivity index (χ0n) is 13.9. The van der Waals surface area contributed by atoms with Crippen LogP contribution in [0.3, 0.4) is 0 Å². The van der Waals surface area contributed by atoms with Crippen molar-refractivity contribution in [2.75, 3.05) is 0 Å². The van der Waals surface area contributed by atoms with Crippen molar-refractivity contribution in [3.63, 3.8) is 0 Å². The van der Waals surface area contributed by atoms with Gasteiger partial charge in [-0.1, -0.05) is 0 Å². The van der Waals surface area contributed by atoms with E-state index >= 15 is 0 Å². The second-order valence-corrected chi connectivity index (χ2v) is 5.89. The van der Waals surface area contributed by atoms with E-state index in [9.17, 15) is 18.4 Å². The summed E-state index contributed by atoms with van der Waals surface area (Å²) in [5.41, 5.74) is 3.00. The molecular formula is C19H12F3N5. The van der Waals surface area contributed by atoms with Gasteiger partial charge in [0.25, 0.3) is 6.43 Å². The van der Waals surface area contributed by atoms with E-state index in [4.69, 9.17) is 0 Å². The topological polar surface area (TPSA) is 58.9 Å². The Morgan fingerprint density at radius 2 is 1.78 bits per heavy atom. The molecule has 0 atom stereocenters. The van der Waals surface area contributed by atoms with Gasteiger partial charge in [-0.15, -0.1) is 0 Å². The number of nitrogens with zero attached hydrogens (tertiary/aromatic N) is 5. The first-order chi connectivity index (χ1) is 13.1. The second-order valence-electron chi connectivity index (χ2n) is 5.89. The van der Waals surface area contributed by atoms with Gasteiger partial charge in [0.05, 0.1) is 30.5 Å². The number of pyridine rings is 1. The molecule has 0 bridgehead atoms. The summed E-state index contributed by atoms with van der Waals surface area (Å²) in [6.07, 6.45) is 1.87. The third-order valence-corrected chi connectivity index (χ3v) is 4.18. The van der Waals surface area contributed by atoms with E-state index in [1.54, 1.807) is 34.9 Å². The summed E-state index contributed by atoms with van der Waals surface area (Å²) in [6, 6.07) is 11.1. The molecule has 0 unspecified atom stereocenters. The lowest BCUT2D eigenvalue weighted by atomic mass is 10.1. The fourth-order valence-corrected chi connectivity index (χ4v) is 2.99. The number of hydrogen-bond donors (Lipinski definition) is 0. The molecule has 3 heterocycles. The predicted molar refractivity (Wildman–Crippen MR) is 92.5 cm³/mol. The number of fused-ring (bicyclic) bond motifs is 1. The summed E-state index contributed by atoms with van der Waals surface area (Å²) >= 11 is 0. The molecule has 0 radical (unpaired) electrons. The molecule has 0 saturated heterocycles. The molecule has 134 valence electrons. The number of nitriles is 1. The van der Waals surface area contributed by atoms with Gasteiger partial charge in [-0.25, -0.2) is 23.1 Å². The number of imidazole rings is 2. The Bertz CT molecular complexity index is 1150. The minimum absolute atomic E-state index is 0.329. The zero-order chi connectivity index (χ0) is 19.0. The van der Waals surface area contributed by atoms with Crippen LogP contribution >= 0.6 is 0 Å². The van der Waals surface area contributed by atoms with E-state index in [0.29, 0.717) is 33.9 Å². The van der Waals surface area contributed by atoms with Crippen molar-refractivity contribution in [3.05, 3.63) is 66.6 Å². The Kier molecular flexibility index (Phi) is 4.12. The van der Waals surface area contributed by atoms with Crippen molar-refractivity contribution in [2.24, 2.45) is 0 Å². The maximum atomic E-state index is 13.3. The average Bonchev–Trinajstić information content (AvgIpc) is 3.25. The molecule has 3 aromatic heterocycles. The lowest BCUT2D eigenvalue weighted by molar-refractivity contribution is 0.127. The van der Waals surface area contributed by atoms with E-state index in [1.165, 1.54) is 29.2 Å². The van der Waals surface area contributed by atoms with Gasteiger partial charge in [-0.2, -0.15) is 5.26 Å². The molecule has 0 spiro atoms. The summed E-state index contributed by atoms with van der Waals surface area (Å²) < 4.78 is 42.3. The summed E-state index contributed by atoms with van der Waals surface area (Å²) in [4.78, 5) is 8.40. The van der Waals surface area contributed by atoms with Gasteiger partial charge in [0.15, 0.2) is 0 Å². The maximum absolute atomic E-state index is 13.3. The van der Waals surface area contributed by atoms with Crippen molar-refractivity contribution in [1.29, 1.82) is 5.26 Å². The van der Waals surface area contributed by atoms with E-state index < -0.39 is 18.8 Å². The lowest BCUT2D eigenvalue weighted by Crippen LogP contribution is -2.07. The lowest BCUT2D eigenvalue weighted by Gasteiger charge is -2.11. The largest absolute Gasteiger partial charge is 0.324 e. The maximum Gasteiger partial charge on any atom is 0.256 e. The molecule has 0 amide bonds. The van der Waals surface area contributed by atoms with Crippen molar-refractivity contribution in [2.45, 2.75) is 13.0 Å². The van der Waals surface area contributed by atoms with Crippen LogP contribution in [0.15, 0.2) is 55.1 Å². The van der Waals surface area contributed by atoms with Crippen LogP contribution in [0.2, 0.25) is 0 Å². The second kappa shape index (κ2) is 6.61. The smallest absolute Gasteiger partial charge is 0.256 e. The highest BCUT2D eigenvalue weighted by Crippen LogP contribution is 2.32. The Morgan fingerprint density at radius 3 is 2.48 bits per heavy atom. The van der Waals surface area contributed by atoms with Crippen LogP contribution in [0.25, 0.3) is 28.2 Å². The minimum atomic E-state index is -2.56. The van der Waals surface area contributed by atoms with Crippen LogP contribution in [-0.4, -0.2) is 25.4 Å². The molecule has 0 N–H and O–H groups in total. The Balaban J connectivity index is 1.93. The molecule has 1 aromatic carbocycles. The Labute approximate surface area is 152 Å². The monoisotopic (exact) mass is 367 g/mol. The molecule has 0 aliphatic heterocycles. The van der Waals surface area contributed by atoms with E-state index in [-0.39, 0.29) is 0 Å². The van der Waals surface area contributed by atoms with Gasteiger partial charge >= 0.3 is 0 Å². The third kappa shape index (κ3) is 3.04. The Hall–Kier alpha value is -3.60. The van der Waals surface area contributed by atoms with Gasteiger partial charge in [0, 0.05) is 17.3 Å². The van der Waals surface area contributed by atoms with Crippen molar-refractivity contribution >= 4 is 5.65 Å². The summed E-state index contributed by atoms with van der Waals surface area (Å²) in [5.74, 6) is -0.397. The van der Waals surface area contributed by atoms with Crippen LogP contribution in [0.5, 0.6) is 0 Å². The third-order valence-electron chi connectivity index (χ3n) is 4.18. The normalized spacial score (nSPS) is 11.2. The SMILES string of the molecule is N#Cc1cnc2ccc(-c3c(-c4ccc(F)cc4)ncn3CC(F)F)cn12. The predicted octanol–water partition coefficient (Wildman–Crippen LogP) is 4.14. The molecular weight excluding hydrogens is 355 g/mol. The van der Waals surface area contributed by atoms with E-state index in [2.05, 4.69) is 9.97 Å². The molecule has 8 heteroatoms. The average molecular weight is 367 g/mol. The fraction of sp³-hybridized carbons (Fsp3) is 0.105. The van der Waals surface area contributed by atoms with Crippen molar-refractivity contribution < 1.29 is 13.2 Å². The highest BCUT2D eigenvalue weighted by molar-refractivity contribution is 5.79. The number of rotatable bonds is 4. The summed E-state index contributed by atoms with van der Waals surface area (Å²) in [7, 11) is 0. The molecule has 4 aromatic rings. The first-order valence-electron chi connectivity index (χ1n) is 8.03. The van der Waals surface area contributed by atoms with Crippen LogP contribution in [0.4, 0.5) is 13.2 Å². The summed E-state index contributed by atoms with van der Waals surface area (Å²) in [5, 5.41) is 9.22. The van der Waals surface area contributed by atoms with E-state index in [1.807, 2.05) is 6.07 Å². The molecule has 5 nitrogen and oxygen atoms in total. The number of aromatic nitrogens is 4. The summed E-state index contributed by atoms with van der Waals surface area (Å²) in [6.45, 7) is -0.531. The van der Waals surface area contributed by atoms with Gasteiger partial charge < -0.3 is 4.57 Å². The molecule has 0 aliphatic carbocycles. The van der Waals surface area contributed by atoms with Crippen molar-refractivity contribution in [1.82, 2.24) is 18.9 Å². The van der Waals surface area contributed by atoms with Gasteiger partial charge in [-0.3, -0.25) is 4.40 Å². The van der Waals surface area contributed by atoms with Crippen LogP contribution in [0, 0.1) is 17.1 Å². The number of benzene rings is 1. The highest BCUT2D eigenvalue weighted by Gasteiger charge is 2.18. The molecule has 0 aliphatic rings. The van der Waals surface area contributed by atoms with Gasteiger partial charge in [-0.05, 0) is 36.4 Å². The van der Waals surface area contributed by atoms with Crippen LogP contribution in [0.1, 0.15) is 5.69 Å². The number of alkyl halides is 2. The van der Waals surface area contributed by atoms with Gasteiger partial charge in [0.2, 0.25) is 0 Å². The number of halogens is 3. The Morgan fingerprint density at radius 1 is 1.04 bits per heavy atom. The van der Waals surface area contributed by atoms with Crippen LogP contribution < -0.4 is 0 Å². The quantitative estimate of drug-likeness (QED) is 0.545. The molecule has 0 saturated carbocycles. The minimum Gasteiger partial charge on any atom is -0.324 e. The molecule has 4 rings (SSSR count). The first-order valence-corrected chi connectivity index (χ1v) is 8.03. The van der Waals surface area contributed by atoms with E-state index in [0.717, 1.165) is 0 Å². The zero-order valence-corrected chi connectivity index (χ0v) is 13.9. The van der Waals surface area contributed by atoms with Crippen molar-refractivity contribution in [3.8, 4) is 28.6 Å². The molecule has 27 heavy (non-hydrogen) atoms. The standard InChI is InChI=1S/C19H12F3N5/c20-14-4-1-12(2-5-14)18-19(26(11-25-18)10-16(21)22)13-3-6-17-24-8-15(7-23)27(17)9-13/h1-6,8-9,11,16H,10H2. The molecule has 0 fully saturated rings. The number of hydrogen-bond acceptors (Lipinski definition) is 3. The van der Waals surface area contributed by atoms with Crippen LogP contribution in [-0.2, 0) is 6.54 Å². The highest BCUT2D eigenvalue weighted by atomic mass is 19.3. The fourth-order valence-electron chi connectivity index (χ4n) is 2.99.